The molecule has 2 aromatic rings. The smallest absolute Gasteiger partial charge is 0.412 e. The van der Waals surface area contributed by atoms with Gasteiger partial charge >= 0.3 is 6.09 Å². The zero-order valence-electron chi connectivity index (χ0n) is 13.2. The molecule has 0 aliphatic rings. The molecule has 0 fully saturated rings. The number of carbonyl (C=O) groups excluding carboxylic acids is 2. The molecule has 0 heterocycles. The fourth-order valence-electron chi connectivity index (χ4n) is 1.89. The third-order valence-electron chi connectivity index (χ3n) is 2.90. The Morgan fingerprint density at radius 3 is 1.87 bits per heavy atom. The molecule has 0 saturated carbocycles. The summed E-state index contributed by atoms with van der Waals surface area (Å²) in [5.74, 6) is -0.0507. The predicted octanol–water partition coefficient (Wildman–Crippen LogP) is 4.87. The van der Waals surface area contributed by atoms with Crippen LogP contribution in [0.5, 0.6) is 0 Å². The summed E-state index contributed by atoms with van der Waals surface area (Å²) >= 11 is 2.20. The van der Waals surface area contributed by atoms with Crippen molar-refractivity contribution in [3.8, 4) is 0 Å². The van der Waals surface area contributed by atoms with E-state index in [4.69, 9.17) is 4.74 Å². The second-order valence-electron chi connectivity index (χ2n) is 6.04. The molecule has 5 heteroatoms. The fraction of sp³-hybridized carbons (Fsp3) is 0.222. The Labute approximate surface area is 149 Å². The highest BCUT2D eigenvalue weighted by molar-refractivity contribution is 14.1. The van der Waals surface area contributed by atoms with Crippen LogP contribution < -0.4 is 5.32 Å². The van der Waals surface area contributed by atoms with E-state index in [0.717, 1.165) is 3.57 Å². The van der Waals surface area contributed by atoms with Gasteiger partial charge in [0.25, 0.3) is 0 Å². The minimum absolute atomic E-state index is 0.0507. The van der Waals surface area contributed by atoms with Crippen LogP contribution in [0, 0.1) is 3.57 Å². The summed E-state index contributed by atoms with van der Waals surface area (Å²) in [5, 5.41) is 2.64. The van der Waals surface area contributed by atoms with E-state index < -0.39 is 11.7 Å². The number of carbonyl (C=O) groups is 2. The average Bonchev–Trinajstić information content (AvgIpc) is 2.46. The number of nitrogens with one attached hydrogen (secondary N) is 1. The summed E-state index contributed by atoms with van der Waals surface area (Å²) < 4.78 is 6.26. The number of anilines is 1. The minimum Gasteiger partial charge on any atom is -0.444 e. The van der Waals surface area contributed by atoms with Crippen molar-refractivity contribution >= 4 is 40.2 Å². The molecule has 1 N–H and O–H groups in total. The molecule has 0 unspecified atom stereocenters. The fourth-order valence-corrected chi connectivity index (χ4v) is 2.25. The Kier molecular flexibility index (Phi) is 5.41. The van der Waals surface area contributed by atoms with Gasteiger partial charge < -0.3 is 4.74 Å². The van der Waals surface area contributed by atoms with Crippen LogP contribution in [0.3, 0.4) is 0 Å². The van der Waals surface area contributed by atoms with Crippen molar-refractivity contribution in [3.05, 3.63) is 63.2 Å². The van der Waals surface area contributed by atoms with Gasteiger partial charge in [0, 0.05) is 20.4 Å². The van der Waals surface area contributed by atoms with Crippen molar-refractivity contribution in [3.63, 3.8) is 0 Å². The number of hydrogen-bond acceptors (Lipinski definition) is 3. The minimum atomic E-state index is -0.551. The maximum atomic E-state index is 12.4. The Morgan fingerprint density at radius 1 is 0.913 bits per heavy atom. The van der Waals surface area contributed by atoms with Crippen LogP contribution in [0.15, 0.2) is 48.5 Å². The monoisotopic (exact) mass is 423 g/mol. The first-order valence-electron chi connectivity index (χ1n) is 7.15. The van der Waals surface area contributed by atoms with E-state index in [1.165, 1.54) is 0 Å². The third-order valence-corrected chi connectivity index (χ3v) is 3.62. The van der Waals surface area contributed by atoms with Crippen LogP contribution >= 0.6 is 22.6 Å². The summed E-state index contributed by atoms with van der Waals surface area (Å²) in [6.45, 7) is 5.40. The van der Waals surface area contributed by atoms with Gasteiger partial charge in [0.05, 0.1) is 0 Å². The Bertz CT molecular complexity index is 701. The van der Waals surface area contributed by atoms with Crippen molar-refractivity contribution in [2.24, 2.45) is 0 Å². The van der Waals surface area contributed by atoms with Gasteiger partial charge in [-0.3, -0.25) is 10.1 Å². The highest BCUT2D eigenvalue weighted by Crippen LogP contribution is 2.16. The molecule has 0 aliphatic carbocycles. The lowest BCUT2D eigenvalue weighted by Crippen LogP contribution is -2.27. The third kappa shape index (κ3) is 5.35. The van der Waals surface area contributed by atoms with Gasteiger partial charge in [0.1, 0.15) is 5.60 Å². The van der Waals surface area contributed by atoms with Gasteiger partial charge in [-0.25, -0.2) is 4.79 Å². The molecule has 120 valence electrons. The maximum absolute atomic E-state index is 12.4. The van der Waals surface area contributed by atoms with Crippen LogP contribution in [0.25, 0.3) is 0 Å². The van der Waals surface area contributed by atoms with Gasteiger partial charge in [0.15, 0.2) is 5.78 Å². The average molecular weight is 423 g/mol. The normalized spacial score (nSPS) is 11.0. The number of ether oxygens (including phenoxy) is 1. The standard InChI is InChI=1S/C18H18INO3/c1-18(2,3)23-17(22)20-15-10-6-13(7-11-15)16(21)12-4-8-14(19)9-5-12/h4-11H,1-3H3,(H,20,22). The molecule has 2 rings (SSSR count). The Morgan fingerprint density at radius 2 is 1.39 bits per heavy atom. The maximum Gasteiger partial charge on any atom is 0.412 e. The molecule has 0 atom stereocenters. The molecule has 0 saturated heterocycles. The molecule has 0 aromatic heterocycles. The van der Waals surface area contributed by atoms with E-state index in [0.29, 0.717) is 16.8 Å². The number of hydrogen-bond donors (Lipinski definition) is 1. The summed E-state index contributed by atoms with van der Waals surface area (Å²) in [5.41, 5.74) is 1.24. The van der Waals surface area contributed by atoms with E-state index in [9.17, 15) is 9.59 Å². The zero-order valence-corrected chi connectivity index (χ0v) is 15.4. The topological polar surface area (TPSA) is 55.4 Å². The number of halogens is 1. The van der Waals surface area contributed by atoms with Crippen molar-refractivity contribution in [2.45, 2.75) is 26.4 Å². The molecule has 4 nitrogen and oxygen atoms in total. The number of benzene rings is 2. The molecule has 0 spiro atoms. The quantitative estimate of drug-likeness (QED) is 0.566. The first kappa shape index (κ1) is 17.5. The molecular weight excluding hydrogens is 405 g/mol. The van der Waals surface area contributed by atoms with Crippen LogP contribution in [0.2, 0.25) is 0 Å². The first-order chi connectivity index (χ1) is 10.7. The zero-order chi connectivity index (χ0) is 17.0. The van der Waals surface area contributed by atoms with Crippen molar-refractivity contribution in [1.29, 1.82) is 0 Å². The molecule has 2 aromatic carbocycles. The van der Waals surface area contributed by atoms with Crippen LogP contribution in [-0.2, 0) is 4.74 Å². The van der Waals surface area contributed by atoms with Crippen molar-refractivity contribution in [1.82, 2.24) is 0 Å². The lowest BCUT2D eigenvalue weighted by atomic mass is 10.0. The number of amides is 1. The number of ketones is 1. The van der Waals surface area contributed by atoms with Gasteiger partial charge in [-0.1, -0.05) is 0 Å². The molecular formula is C18H18INO3. The van der Waals surface area contributed by atoms with Crippen LogP contribution in [-0.4, -0.2) is 17.5 Å². The predicted molar refractivity (Wildman–Crippen MR) is 98.9 cm³/mol. The lowest BCUT2D eigenvalue weighted by molar-refractivity contribution is 0.0636. The highest BCUT2D eigenvalue weighted by atomic mass is 127. The molecule has 1 amide bonds. The largest absolute Gasteiger partial charge is 0.444 e. The molecule has 23 heavy (non-hydrogen) atoms. The Balaban J connectivity index is 2.06. The molecule has 0 aliphatic heterocycles. The second-order valence-corrected chi connectivity index (χ2v) is 7.29. The molecule has 0 radical (unpaired) electrons. The van der Waals surface area contributed by atoms with Gasteiger partial charge in [-0.2, -0.15) is 0 Å². The first-order valence-corrected chi connectivity index (χ1v) is 8.23. The van der Waals surface area contributed by atoms with Gasteiger partial charge in [0.2, 0.25) is 0 Å². The van der Waals surface area contributed by atoms with Crippen LogP contribution in [0.4, 0.5) is 10.5 Å². The van der Waals surface area contributed by atoms with E-state index >= 15 is 0 Å². The summed E-state index contributed by atoms with van der Waals surface area (Å²) in [7, 11) is 0. The Hall–Kier alpha value is -1.89. The van der Waals surface area contributed by atoms with Crippen LogP contribution in [0.1, 0.15) is 36.7 Å². The van der Waals surface area contributed by atoms with E-state index in [1.54, 1.807) is 57.2 Å². The summed E-state index contributed by atoms with van der Waals surface area (Å²) in [6, 6.07) is 14.1. The van der Waals surface area contributed by atoms with E-state index in [1.807, 2.05) is 12.1 Å². The van der Waals surface area contributed by atoms with Crippen molar-refractivity contribution < 1.29 is 14.3 Å². The summed E-state index contributed by atoms with van der Waals surface area (Å²) in [4.78, 5) is 24.1. The second kappa shape index (κ2) is 7.12. The van der Waals surface area contributed by atoms with Gasteiger partial charge in [-0.05, 0) is 91.9 Å². The summed E-state index contributed by atoms with van der Waals surface area (Å²) in [6.07, 6.45) is -0.519. The van der Waals surface area contributed by atoms with E-state index in [-0.39, 0.29) is 5.78 Å². The van der Waals surface area contributed by atoms with E-state index in [2.05, 4.69) is 27.9 Å². The molecule has 0 bridgehead atoms. The highest BCUT2D eigenvalue weighted by Gasteiger charge is 2.16. The van der Waals surface area contributed by atoms with Gasteiger partial charge in [-0.15, -0.1) is 0 Å². The number of rotatable bonds is 3. The lowest BCUT2D eigenvalue weighted by Gasteiger charge is -2.19. The van der Waals surface area contributed by atoms with Crippen molar-refractivity contribution in [2.75, 3.05) is 5.32 Å². The SMILES string of the molecule is CC(C)(C)OC(=O)Nc1ccc(C(=O)c2ccc(I)cc2)cc1.